The molecule has 0 amide bonds. The van der Waals surface area contributed by atoms with Crippen LogP contribution < -0.4 is 0 Å². The Hall–Kier alpha value is -1.47. The van der Waals surface area contributed by atoms with Gasteiger partial charge in [-0.05, 0) is 57.4 Å². The number of hydrogen-bond donors (Lipinski definition) is 1. The van der Waals surface area contributed by atoms with Crippen molar-refractivity contribution in [2.45, 2.75) is 19.4 Å². The minimum Gasteiger partial charge on any atom is -0.481 e. The number of benzene rings is 1. The van der Waals surface area contributed by atoms with Gasteiger partial charge in [0.1, 0.15) is 0 Å². The molecule has 0 saturated heterocycles. The minimum absolute atomic E-state index is 0.278. The second kappa shape index (κ2) is 4.82. The highest BCUT2D eigenvalue weighted by Crippen LogP contribution is 2.47. The fourth-order valence-electron chi connectivity index (χ4n) is 2.05. The highest BCUT2D eigenvalue weighted by atomic mass is 79.9. The lowest BCUT2D eigenvalue weighted by Gasteiger charge is -2.11. The smallest absolute Gasteiger partial charge is 0.311 e. The van der Waals surface area contributed by atoms with Crippen LogP contribution in [0.2, 0.25) is 5.02 Å². The molecule has 0 bridgehead atoms. The van der Waals surface area contributed by atoms with E-state index in [2.05, 4.69) is 31.5 Å². The zero-order valence-electron chi connectivity index (χ0n) is 10.3. The first-order valence-electron chi connectivity index (χ1n) is 5.97. The molecule has 0 atom stereocenters. The van der Waals surface area contributed by atoms with Gasteiger partial charge in [0.05, 0.1) is 12.0 Å². The lowest BCUT2D eigenvalue weighted by Crippen LogP contribution is -2.22. The Kier molecular flexibility index (Phi) is 3.25. The molecule has 3 rings (SSSR count). The molecule has 1 aliphatic rings. The third-order valence-electron chi connectivity index (χ3n) is 3.46. The van der Waals surface area contributed by atoms with Crippen LogP contribution in [-0.2, 0) is 11.3 Å². The van der Waals surface area contributed by atoms with Crippen molar-refractivity contribution in [3.05, 3.63) is 27.7 Å². The zero-order chi connectivity index (χ0) is 14.3. The third kappa shape index (κ3) is 2.31. The zero-order valence-corrected chi connectivity index (χ0v) is 12.6. The van der Waals surface area contributed by atoms with Gasteiger partial charge in [-0.2, -0.15) is 0 Å². The molecule has 1 heterocycles. The van der Waals surface area contributed by atoms with Crippen LogP contribution in [0.15, 0.2) is 22.7 Å². The van der Waals surface area contributed by atoms with Gasteiger partial charge in [0.15, 0.2) is 5.82 Å². The van der Waals surface area contributed by atoms with E-state index in [9.17, 15) is 9.90 Å². The number of carboxylic acid groups (broad SMARTS) is 1. The van der Waals surface area contributed by atoms with Gasteiger partial charge in [-0.25, -0.2) is 4.68 Å². The van der Waals surface area contributed by atoms with Crippen molar-refractivity contribution in [2.24, 2.45) is 5.41 Å². The van der Waals surface area contributed by atoms with Gasteiger partial charge in [0.25, 0.3) is 0 Å². The molecular formula is C12H10BrClN4O2. The maximum Gasteiger partial charge on any atom is 0.311 e. The van der Waals surface area contributed by atoms with Crippen molar-refractivity contribution in [1.29, 1.82) is 0 Å². The Morgan fingerprint density at radius 2 is 2.25 bits per heavy atom. The van der Waals surface area contributed by atoms with Gasteiger partial charge >= 0.3 is 5.97 Å². The highest BCUT2D eigenvalue weighted by Gasteiger charge is 2.51. The van der Waals surface area contributed by atoms with Crippen LogP contribution in [0.25, 0.3) is 11.4 Å². The molecule has 1 aliphatic carbocycles. The van der Waals surface area contributed by atoms with Crippen molar-refractivity contribution in [3.63, 3.8) is 0 Å². The van der Waals surface area contributed by atoms with E-state index in [4.69, 9.17) is 11.6 Å². The summed E-state index contributed by atoms with van der Waals surface area (Å²) in [6.07, 6.45) is 1.31. The molecule has 8 heteroatoms. The van der Waals surface area contributed by atoms with Crippen LogP contribution >= 0.6 is 27.5 Å². The second-order valence-corrected chi connectivity index (χ2v) is 6.16. The van der Waals surface area contributed by atoms with Gasteiger partial charge in [-0.1, -0.05) is 11.6 Å². The Morgan fingerprint density at radius 1 is 1.50 bits per heavy atom. The maximum absolute atomic E-state index is 11.3. The largest absolute Gasteiger partial charge is 0.481 e. The molecule has 6 nitrogen and oxygen atoms in total. The third-order valence-corrected chi connectivity index (χ3v) is 4.35. The number of carbonyl (C=O) groups is 1. The normalized spacial score (nSPS) is 16.1. The molecule has 1 fully saturated rings. The van der Waals surface area contributed by atoms with Gasteiger partial charge in [-0.15, -0.1) is 5.10 Å². The maximum atomic E-state index is 11.3. The Bertz CT molecular complexity index is 684. The summed E-state index contributed by atoms with van der Waals surface area (Å²) in [4.78, 5) is 11.3. The predicted octanol–water partition coefficient (Wildman–Crippen LogP) is 2.62. The van der Waals surface area contributed by atoms with E-state index in [-0.39, 0.29) is 6.54 Å². The lowest BCUT2D eigenvalue weighted by atomic mass is 10.1. The van der Waals surface area contributed by atoms with Crippen molar-refractivity contribution >= 4 is 33.5 Å². The summed E-state index contributed by atoms with van der Waals surface area (Å²) >= 11 is 9.33. The van der Waals surface area contributed by atoms with Crippen molar-refractivity contribution in [2.75, 3.05) is 0 Å². The van der Waals surface area contributed by atoms with Gasteiger partial charge < -0.3 is 5.11 Å². The van der Waals surface area contributed by atoms with E-state index >= 15 is 0 Å². The Labute approximate surface area is 127 Å². The van der Waals surface area contributed by atoms with Crippen LogP contribution in [0.1, 0.15) is 12.8 Å². The van der Waals surface area contributed by atoms with Crippen LogP contribution in [-0.4, -0.2) is 31.3 Å². The summed E-state index contributed by atoms with van der Waals surface area (Å²) in [6, 6.07) is 5.29. The molecular weight excluding hydrogens is 348 g/mol. The summed E-state index contributed by atoms with van der Waals surface area (Å²) in [7, 11) is 0. The molecule has 104 valence electrons. The van der Waals surface area contributed by atoms with E-state index in [1.807, 2.05) is 0 Å². The molecule has 1 N–H and O–H groups in total. The molecule has 0 spiro atoms. The van der Waals surface area contributed by atoms with Crippen LogP contribution in [0.5, 0.6) is 0 Å². The number of aliphatic carboxylic acids is 1. The standard InChI is InChI=1S/C12H10BrClN4O2/c13-9-5-7(14)1-2-8(9)10-15-16-17-18(10)6-12(3-4-12)11(19)20/h1-2,5H,3-4,6H2,(H,19,20). The SMILES string of the molecule is O=C(O)C1(Cn2nnnc2-c2ccc(Cl)cc2Br)CC1. The van der Waals surface area contributed by atoms with Gasteiger partial charge in [0, 0.05) is 15.1 Å². The lowest BCUT2D eigenvalue weighted by molar-refractivity contribution is -0.144. The molecule has 1 saturated carbocycles. The van der Waals surface area contributed by atoms with Crippen molar-refractivity contribution in [3.8, 4) is 11.4 Å². The average Bonchev–Trinajstić information content (AvgIpc) is 3.03. The molecule has 0 radical (unpaired) electrons. The quantitative estimate of drug-likeness (QED) is 0.909. The molecule has 2 aromatic rings. The van der Waals surface area contributed by atoms with Crippen molar-refractivity contribution < 1.29 is 9.90 Å². The Morgan fingerprint density at radius 3 is 2.85 bits per heavy atom. The van der Waals surface area contributed by atoms with Crippen LogP contribution in [0, 0.1) is 5.41 Å². The minimum atomic E-state index is -0.797. The molecule has 1 aromatic heterocycles. The summed E-state index contributed by atoms with van der Waals surface area (Å²) < 4.78 is 2.30. The molecule has 20 heavy (non-hydrogen) atoms. The molecule has 1 aromatic carbocycles. The van der Waals surface area contributed by atoms with Gasteiger partial charge in [0.2, 0.25) is 0 Å². The first-order chi connectivity index (χ1) is 9.52. The summed E-state index contributed by atoms with van der Waals surface area (Å²) in [5, 5.41) is 21.4. The van der Waals surface area contributed by atoms with E-state index in [0.29, 0.717) is 23.7 Å². The van der Waals surface area contributed by atoms with Gasteiger partial charge in [-0.3, -0.25) is 4.79 Å². The first kappa shape index (κ1) is 13.5. The number of hydrogen-bond acceptors (Lipinski definition) is 4. The number of rotatable bonds is 4. The number of tetrazole rings is 1. The molecule has 0 unspecified atom stereocenters. The van der Waals surface area contributed by atoms with Crippen molar-refractivity contribution in [1.82, 2.24) is 20.2 Å². The fraction of sp³-hybridized carbons (Fsp3) is 0.333. The topological polar surface area (TPSA) is 80.9 Å². The number of carboxylic acids is 1. The number of nitrogens with zero attached hydrogens (tertiary/aromatic N) is 4. The van der Waals surface area contributed by atoms with E-state index in [1.54, 1.807) is 18.2 Å². The van der Waals surface area contributed by atoms with E-state index in [0.717, 1.165) is 10.0 Å². The predicted molar refractivity (Wildman–Crippen MR) is 75.3 cm³/mol. The fourth-order valence-corrected chi connectivity index (χ4v) is 2.91. The monoisotopic (exact) mass is 356 g/mol. The summed E-state index contributed by atoms with van der Waals surface area (Å²) in [6.45, 7) is 0.278. The Balaban J connectivity index is 1.96. The second-order valence-electron chi connectivity index (χ2n) is 4.87. The number of halogens is 2. The molecule has 0 aliphatic heterocycles. The van der Waals surface area contributed by atoms with Crippen LogP contribution in [0.3, 0.4) is 0 Å². The van der Waals surface area contributed by atoms with Crippen LogP contribution in [0.4, 0.5) is 0 Å². The highest BCUT2D eigenvalue weighted by molar-refractivity contribution is 9.10. The first-order valence-corrected chi connectivity index (χ1v) is 7.14. The average molecular weight is 358 g/mol. The van der Waals surface area contributed by atoms with E-state index < -0.39 is 11.4 Å². The summed E-state index contributed by atoms with van der Waals surface area (Å²) in [5.74, 6) is -0.268. The van der Waals surface area contributed by atoms with E-state index in [1.165, 1.54) is 4.68 Å². The number of aromatic nitrogens is 4. The summed E-state index contributed by atoms with van der Waals surface area (Å²) in [5.41, 5.74) is 0.0591.